The molecule has 0 spiro atoms. The molecule has 3 aromatic rings. The molecule has 6 heteroatoms. The average Bonchev–Trinajstić information content (AvgIpc) is 3.10. The van der Waals surface area contributed by atoms with Crippen LogP contribution in [0.5, 0.6) is 5.75 Å². The van der Waals surface area contributed by atoms with Crippen LogP contribution in [0.2, 0.25) is 0 Å². The number of esters is 1. The molecule has 1 atom stereocenters. The first-order valence-electron chi connectivity index (χ1n) is 10.6. The van der Waals surface area contributed by atoms with Crippen LogP contribution in [0.1, 0.15) is 61.3 Å². The van der Waals surface area contributed by atoms with Gasteiger partial charge in [0.05, 0.1) is 34.9 Å². The van der Waals surface area contributed by atoms with Crippen molar-refractivity contribution in [3.63, 3.8) is 0 Å². The van der Waals surface area contributed by atoms with Crippen molar-refractivity contribution in [1.82, 2.24) is 9.55 Å². The summed E-state index contributed by atoms with van der Waals surface area (Å²) in [5, 5.41) is 10.9. The van der Waals surface area contributed by atoms with Crippen LogP contribution in [0.15, 0.2) is 29.1 Å². The zero-order valence-corrected chi connectivity index (χ0v) is 17.2. The van der Waals surface area contributed by atoms with Crippen molar-refractivity contribution in [2.24, 2.45) is 0 Å². The number of aromatic hydroxyl groups is 1. The number of benzene rings is 1. The number of unbranched alkanes of at least 4 members (excludes halogenated alkanes) is 1. The molecule has 0 aliphatic carbocycles. The van der Waals surface area contributed by atoms with Crippen LogP contribution in [0, 0.1) is 0 Å². The third kappa shape index (κ3) is 2.66. The van der Waals surface area contributed by atoms with Crippen molar-refractivity contribution in [3.05, 3.63) is 56.9 Å². The monoisotopic (exact) mass is 404 g/mol. The molecule has 0 fully saturated rings. The number of nitrogens with zero attached hydrogens (tertiary/aromatic N) is 2. The number of cyclic esters (lactones) is 1. The lowest BCUT2D eigenvalue weighted by Crippen LogP contribution is -2.32. The smallest absolute Gasteiger partial charge is 0.313 e. The summed E-state index contributed by atoms with van der Waals surface area (Å²) in [6, 6.07) is 7.17. The first-order valence-corrected chi connectivity index (χ1v) is 10.6. The second-order valence-corrected chi connectivity index (χ2v) is 8.13. The Kier molecular flexibility index (Phi) is 4.38. The topological polar surface area (TPSA) is 81.4 Å². The van der Waals surface area contributed by atoms with Crippen molar-refractivity contribution in [1.29, 1.82) is 0 Å². The summed E-state index contributed by atoms with van der Waals surface area (Å²) in [5.41, 5.74) is 5.79. The van der Waals surface area contributed by atoms with Gasteiger partial charge in [-0.2, -0.15) is 0 Å². The zero-order chi connectivity index (χ0) is 21.0. The molecule has 2 aromatic heterocycles. The third-order valence-electron chi connectivity index (χ3n) is 6.40. The molecule has 0 amide bonds. The maximum absolute atomic E-state index is 13.4. The van der Waals surface area contributed by atoms with Gasteiger partial charge in [0, 0.05) is 10.9 Å². The number of fused-ring (bicyclic) bond motifs is 5. The molecule has 5 rings (SSSR count). The van der Waals surface area contributed by atoms with Gasteiger partial charge >= 0.3 is 5.97 Å². The Hall–Kier alpha value is -3.15. The SMILES string of the molecule is CCCC[C@@H]1C(=O)OCc2c1cc1n(c2=O)Cc2c-1nc1ccc(O)cc1c2CC. The molecule has 2 aliphatic rings. The van der Waals surface area contributed by atoms with Crippen LogP contribution in [-0.4, -0.2) is 20.6 Å². The number of hydrogen-bond acceptors (Lipinski definition) is 5. The largest absolute Gasteiger partial charge is 0.508 e. The van der Waals surface area contributed by atoms with Gasteiger partial charge < -0.3 is 14.4 Å². The zero-order valence-electron chi connectivity index (χ0n) is 17.2. The summed E-state index contributed by atoms with van der Waals surface area (Å²) in [6.45, 7) is 4.65. The second kappa shape index (κ2) is 6.97. The first kappa shape index (κ1) is 18.9. The van der Waals surface area contributed by atoms with Crippen molar-refractivity contribution >= 4 is 16.9 Å². The highest BCUT2D eigenvalue weighted by atomic mass is 16.5. The van der Waals surface area contributed by atoms with E-state index >= 15 is 0 Å². The molecule has 154 valence electrons. The number of rotatable bonds is 4. The number of carbonyl (C=O) groups is 1. The van der Waals surface area contributed by atoms with Crippen LogP contribution in [0.3, 0.4) is 0 Å². The van der Waals surface area contributed by atoms with E-state index < -0.39 is 0 Å². The Balaban J connectivity index is 1.75. The molecular formula is C24H24N2O4. The number of hydrogen-bond donors (Lipinski definition) is 1. The minimum absolute atomic E-state index is 0.0379. The molecule has 0 unspecified atom stereocenters. The van der Waals surface area contributed by atoms with Gasteiger partial charge in [-0.05, 0) is 48.2 Å². The van der Waals surface area contributed by atoms with E-state index in [1.165, 1.54) is 0 Å². The molecule has 1 N–H and O–H groups in total. The van der Waals surface area contributed by atoms with Gasteiger partial charge in [0.1, 0.15) is 12.4 Å². The van der Waals surface area contributed by atoms with E-state index in [-0.39, 0.29) is 29.8 Å². The highest BCUT2D eigenvalue weighted by molar-refractivity contribution is 5.89. The van der Waals surface area contributed by atoms with E-state index in [1.54, 1.807) is 16.7 Å². The number of phenols is 1. The Labute approximate surface area is 174 Å². The van der Waals surface area contributed by atoms with Crippen LogP contribution in [0.4, 0.5) is 0 Å². The van der Waals surface area contributed by atoms with Crippen molar-refractivity contribution in [3.8, 4) is 17.1 Å². The van der Waals surface area contributed by atoms with E-state index in [0.29, 0.717) is 18.5 Å². The van der Waals surface area contributed by atoms with Gasteiger partial charge in [0.15, 0.2) is 0 Å². The fourth-order valence-electron chi connectivity index (χ4n) is 4.87. The highest BCUT2D eigenvalue weighted by Gasteiger charge is 2.35. The minimum Gasteiger partial charge on any atom is -0.508 e. The van der Waals surface area contributed by atoms with E-state index in [2.05, 4.69) is 13.8 Å². The van der Waals surface area contributed by atoms with Crippen LogP contribution < -0.4 is 5.56 Å². The lowest BCUT2D eigenvalue weighted by Gasteiger charge is -2.25. The lowest BCUT2D eigenvalue weighted by molar-refractivity contribution is -0.148. The average molecular weight is 404 g/mol. The maximum Gasteiger partial charge on any atom is 0.313 e. The molecule has 0 saturated heterocycles. The van der Waals surface area contributed by atoms with Gasteiger partial charge in [-0.25, -0.2) is 4.98 Å². The van der Waals surface area contributed by atoms with Gasteiger partial charge in [0.25, 0.3) is 5.56 Å². The van der Waals surface area contributed by atoms with Gasteiger partial charge in [0.2, 0.25) is 0 Å². The highest BCUT2D eigenvalue weighted by Crippen LogP contribution is 2.39. The molecule has 4 heterocycles. The molecule has 6 nitrogen and oxygen atoms in total. The van der Waals surface area contributed by atoms with Crippen LogP contribution in [0.25, 0.3) is 22.3 Å². The molecular weight excluding hydrogens is 380 g/mol. The maximum atomic E-state index is 13.4. The van der Waals surface area contributed by atoms with Gasteiger partial charge in [-0.15, -0.1) is 0 Å². The first-order chi connectivity index (χ1) is 14.5. The molecule has 1 aromatic carbocycles. The molecule has 0 saturated carbocycles. The lowest BCUT2D eigenvalue weighted by atomic mass is 9.88. The third-order valence-corrected chi connectivity index (χ3v) is 6.40. The summed E-state index contributed by atoms with van der Waals surface area (Å²) >= 11 is 0. The molecule has 2 aliphatic heterocycles. The standard InChI is InChI=1S/C24H24N2O4/c1-3-5-6-15-16-10-21-22-18(11-26(21)23(28)19(16)12-30-24(15)29)14(4-2)17-9-13(27)7-8-20(17)25-22/h7-10,15,27H,3-6,11-12H2,1-2H3/t15-/m0/s1. The van der Waals surface area contributed by atoms with E-state index in [9.17, 15) is 14.7 Å². The number of phenolic OH excluding ortho intramolecular Hbond substituents is 1. The predicted octanol–water partition coefficient (Wildman–Crippen LogP) is 4.02. The predicted molar refractivity (Wildman–Crippen MR) is 114 cm³/mol. The second-order valence-electron chi connectivity index (χ2n) is 8.13. The van der Waals surface area contributed by atoms with Crippen molar-refractivity contribution < 1.29 is 14.6 Å². The Morgan fingerprint density at radius 1 is 1.20 bits per heavy atom. The normalized spacial score (nSPS) is 16.9. The van der Waals surface area contributed by atoms with Crippen molar-refractivity contribution in [2.75, 3.05) is 0 Å². The summed E-state index contributed by atoms with van der Waals surface area (Å²) in [4.78, 5) is 30.7. The summed E-state index contributed by atoms with van der Waals surface area (Å²) in [6.07, 6.45) is 3.34. The summed E-state index contributed by atoms with van der Waals surface area (Å²) in [7, 11) is 0. The van der Waals surface area contributed by atoms with Gasteiger partial charge in [-0.3, -0.25) is 9.59 Å². The Bertz CT molecular complexity index is 1260. The summed E-state index contributed by atoms with van der Waals surface area (Å²) in [5.74, 6) is -0.425. The Morgan fingerprint density at radius 3 is 2.80 bits per heavy atom. The fraction of sp³-hybridized carbons (Fsp3) is 0.375. The molecule has 30 heavy (non-hydrogen) atoms. The Morgan fingerprint density at radius 2 is 2.03 bits per heavy atom. The summed E-state index contributed by atoms with van der Waals surface area (Å²) < 4.78 is 7.11. The minimum atomic E-state index is -0.389. The van der Waals surface area contributed by atoms with Crippen molar-refractivity contribution in [2.45, 2.75) is 58.6 Å². The van der Waals surface area contributed by atoms with Crippen LogP contribution in [-0.2, 0) is 29.1 Å². The van der Waals surface area contributed by atoms with Gasteiger partial charge in [-0.1, -0.05) is 26.7 Å². The quantitative estimate of drug-likeness (QED) is 0.520. The number of aryl methyl sites for hydroxylation is 1. The molecule has 0 radical (unpaired) electrons. The number of ether oxygens (including phenoxy) is 1. The number of pyridine rings is 2. The van der Waals surface area contributed by atoms with Crippen LogP contribution >= 0.6 is 0 Å². The fourth-order valence-corrected chi connectivity index (χ4v) is 4.87. The van der Waals surface area contributed by atoms with E-state index in [0.717, 1.165) is 58.2 Å². The van der Waals surface area contributed by atoms with E-state index in [4.69, 9.17) is 9.72 Å². The molecule has 0 bridgehead atoms. The number of carbonyl (C=O) groups excluding carboxylic acids is 1. The van der Waals surface area contributed by atoms with E-state index in [1.807, 2.05) is 12.1 Å². The number of aromatic nitrogens is 2.